The Balaban J connectivity index is 1.71. The van der Waals surface area contributed by atoms with E-state index in [1.807, 2.05) is 29.6 Å². The Kier molecular flexibility index (Phi) is 5.28. The normalized spacial score (nSPS) is 10.8. The van der Waals surface area contributed by atoms with Crippen molar-refractivity contribution in [3.05, 3.63) is 87.2 Å². The van der Waals surface area contributed by atoms with Gasteiger partial charge in [-0.15, -0.1) is 11.3 Å². The molecule has 0 radical (unpaired) electrons. The first-order chi connectivity index (χ1) is 13.9. The van der Waals surface area contributed by atoms with Gasteiger partial charge in [0, 0.05) is 20.7 Å². The van der Waals surface area contributed by atoms with Crippen LogP contribution in [0.2, 0.25) is 10.0 Å². The predicted octanol–water partition coefficient (Wildman–Crippen LogP) is 6.83. The van der Waals surface area contributed by atoms with E-state index in [0.717, 1.165) is 21.2 Å². The van der Waals surface area contributed by atoms with E-state index in [-0.39, 0.29) is 21.8 Å². The van der Waals surface area contributed by atoms with Crippen molar-refractivity contribution in [2.24, 2.45) is 0 Å². The Hall–Kier alpha value is -2.86. The van der Waals surface area contributed by atoms with Gasteiger partial charge in [-0.1, -0.05) is 47.5 Å². The molecule has 7 heteroatoms. The average molecular weight is 442 g/mol. The Morgan fingerprint density at radius 3 is 2.48 bits per heavy atom. The number of rotatable bonds is 4. The number of benzene rings is 3. The van der Waals surface area contributed by atoms with Gasteiger partial charge in [0.15, 0.2) is 0 Å². The molecule has 1 amide bonds. The maximum atomic E-state index is 12.6. The maximum Gasteiger partial charge on any atom is 0.337 e. The van der Waals surface area contributed by atoms with Crippen LogP contribution in [-0.2, 0) is 0 Å². The molecule has 0 aliphatic rings. The number of hydrogen-bond acceptors (Lipinski definition) is 3. The minimum absolute atomic E-state index is 0.00350. The number of thiophene rings is 1. The fourth-order valence-electron chi connectivity index (χ4n) is 3.06. The summed E-state index contributed by atoms with van der Waals surface area (Å²) < 4.78 is 1.12. The molecule has 4 nitrogen and oxygen atoms in total. The standard InChI is InChI=1S/C22H13Cl2NO3S/c23-13-6-7-15(18(24)10-13)21(26)25-19-8-5-12(9-16(19)22(27)28)17-11-29-20-4-2-1-3-14(17)20/h1-11H,(H,25,26)(H,27,28). The van der Waals surface area contributed by atoms with Crippen molar-refractivity contribution < 1.29 is 14.7 Å². The zero-order valence-corrected chi connectivity index (χ0v) is 17.1. The molecule has 0 atom stereocenters. The average Bonchev–Trinajstić information content (AvgIpc) is 3.12. The summed E-state index contributed by atoms with van der Waals surface area (Å²) in [6, 6.07) is 17.4. The first-order valence-corrected chi connectivity index (χ1v) is 10.2. The summed E-state index contributed by atoms with van der Waals surface area (Å²) in [6.07, 6.45) is 0. The van der Waals surface area contributed by atoms with Crippen molar-refractivity contribution in [1.82, 2.24) is 0 Å². The van der Waals surface area contributed by atoms with Crippen LogP contribution < -0.4 is 5.32 Å². The summed E-state index contributed by atoms with van der Waals surface area (Å²) in [6.45, 7) is 0. The van der Waals surface area contributed by atoms with Crippen molar-refractivity contribution in [3.8, 4) is 11.1 Å². The number of hydrogen-bond donors (Lipinski definition) is 2. The van der Waals surface area contributed by atoms with Crippen LogP contribution in [0.25, 0.3) is 21.2 Å². The highest BCUT2D eigenvalue weighted by molar-refractivity contribution is 7.17. The molecule has 1 heterocycles. The summed E-state index contributed by atoms with van der Waals surface area (Å²) in [5.74, 6) is -1.65. The number of carboxylic acid groups (broad SMARTS) is 1. The molecule has 2 N–H and O–H groups in total. The van der Waals surface area contributed by atoms with E-state index in [1.54, 1.807) is 35.6 Å². The van der Waals surface area contributed by atoms with Gasteiger partial charge in [0.25, 0.3) is 5.91 Å². The fraction of sp³-hybridized carbons (Fsp3) is 0. The van der Waals surface area contributed by atoms with Crippen molar-refractivity contribution in [2.45, 2.75) is 0 Å². The van der Waals surface area contributed by atoms with Crippen molar-refractivity contribution in [3.63, 3.8) is 0 Å². The van der Waals surface area contributed by atoms with Crippen LogP contribution in [0.3, 0.4) is 0 Å². The summed E-state index contributed by atoms with van der Waals surface area (Å²) in [4.78, 5) is 24.4. The van der Waals surface area contributed by atoms with Crippen LogP contribution in [-0.4, -0.2) is 17.0 Å². The number of carboxylic acids is 1. The monoisotopic (exact) mass is 441 g/mol. The van der Waals surface area contributed by atoms with E-state index in [2.05, 4.69) is 5.32 Å². The first kappa shape index (κ1) is 19.5. The SMILES string of the molecule is O=C(Nc1ccc(-c2csc3ccccc23)cc1C(=O)O)c1ccc(Cl)cc1Cl. The molecule has 4 aromatic rings. The van der Waals surface area contributed by atoms with E-state index in [4.69, 9.17) is 23.2 Å². The second-order valence-corrected chi connectivity index (χ2v) is 8.04. The molecule has 29 heavy (non-hydrogen) atoms. The smallest absolute Gasteiger partial charge is 0.337 e. The van der Waals surface area contributed by atoms with Crippen LogP contribution >= 0.6 is 34.5 Å². The predicted molar refractivity (Wildman–Crippen MR) is 119 cm³/mol. The summed E-state index contributed by atoms with van der Waals surface area (Å²) >= 11 is 13.5. The van der Waals surface area contributed by atoms with Crippen molar-refractivity contribution in [1.29, 1.82) is 0 Å². The van der Waals surface area contributed by atoms with Gasteiger partial charge in [-0.2, -0.15) is 0 Å². The lowest BCUT2D eigenvalue weighted by atomic mass is 10.0. The molecule has 0 aliphatic carbocycles. The third-order valence-corrected chi connectivity index (χ3v) is 5.98. The van der Waals surface area contributed by atoms with Gasteiger partial charge in [-0.25, -0.2) is 4.79 Å². The van der Waals surface area contributed by atoms with Crippen molar-refractivity contribution in [2.75, 3.05) is 5.32 Å². The van der Waals surface area contributed by atoms with Crippen LogP contribution in [0.15, 0.2) is 66.0 Å². The largest absolute Gasteiger partial charge is 0.478 e. The van der Waals surface area contributed by atoms with E-state index in [1.165, 1.54) is 12.1 Å². The van der Waals surface area contributed by atoms with Gasteiger partial charge in [-0.05, 0) is 47.3 Å². The minimum Gasteiger partial charge on any atom is -0.478 e. The van der Waals surface area contributed by atoms with Crippen LogP contribution in [0.1, 0.15) is 20.7 Å². The molecule has 1 aromatic heterocycles. The number of carbonyl (C=O) groups is 2. The third kappa shape index (κ3) is 3.85. The number of halogens is 2. The molecule has 4 rings (SSSR count). The van der Waals surface area contributed by atoms with Gasteiger partial charge in [-0.3, -0.25) is 4.79 Å². The highest BCUT2D eigenvalue weighted by Gasteiger charge is 2.17. The van der Waals surface area contributed by atoms with E-state index < -0.39 is 11.9 Å². The van der Waals surface area contributed by atoms with E-state index >= 15 is 0 Å². The van der Waals surface area contributed by atoms with Gasteiger partial charge in [0.1, 0.15) is 0 Å². The fourth-order valence-corrected chi connectivity index (χ4v) is 4.53. The second kappa shape index (κ2) is 7.87. The Morgan fingerprint density at radius 1 is 0.931 bits per heavy atom. The minimum atomic E-state index is -1.14. The maximum absolute atomic E-state index is 12.6. The molecule has 0 spiro atoms. The lowest BCUT2D eigenvalue weighted by molar-refractivity contribution is 0.0698. The van der Waals surface area contributed by atoms with Crippen LogP contribution in [0, 0.1) is 0 Å². The van der Waals surface area contributed by atoms with E-state index in [0.29, 0.717) is 5.02 Å². The highest BCUT2D eigenvalue weighted by Crippen LogP contribution is 2.35. The molecular formula is C22H13Cl2NO3S. The summed E-state index contributed by atoms with van der Waals surface area (Å²) in [5.41, 5.74) is 2.11. The van der Waals surface area contributed by atoms with Gasteiger partial charge >= 0.3 is 5.97 Å². The quantitative estimate of drug-likeness (QED) is 0.364. The molecule has 3 aromatic carbocycles. The number of nitrogens with one attached hydrogen (secondary N) is 1. The van der Waals surface area contributed by atoms with Gasteiger partial charge in [0.05, 0.1) is 21.8 Å². The number of carbonyl (C=O) groups excluding carboxylic acids is 1. The molecule has 0 unspecified atom stereocenters. The number of aromatic carboxylic acids is 1. The topological polar surface area (TPSA) is 66.4 Å². The summed E-state index contributed by atoms with van der Waals surface area (Å²) in [7, 11) is 0. The van der Waals surface area contributed by atoms with Gasteiger partial charge < -0.3 is 10.4 Å². The second-order valence-electron chi connectivity index (χ2n) is 6.29. The highest BCUT2D eigenvalue weighted by atomic mass is 35.5. The Morgan fingerprint density at radius 2 is 1.72 bits per heavy atom. The van der Waals surface area contributed by atoms with Crippen LogP contribution in [0.5, 0.6) is 0 Å². The van der Waals surface area contributed by atoms with Crippen molar-refractivity contribution >= 4 is 62.2 Å². The third-order valence-electron chi connectivity index (χ3n) is 4.47. The molecule has 144 valence electrons. The van der Waals surface area contributed by atoms with E-state index in [9.17, 15) is 14.7 Å². The first-order valence-electron chi connectivity index (χ1n) is 8.54. The lowest BCUT2D eigenvalue weighted by Gasteiger charge is -2.11. The number of fused-ring (bicyclic) bond motifs is 1. The number of amides is 1. The number of anilines is 1. The zero-order valence-electron chi connectivity index (χ0n) is 14.8. The molecular weight excluding hydrogens is 429 g/mol. The lowest BCUT2D eigenvalue weighted by Crippen LogP contribution is -2.15. The molecule has 0 aliphatic heterocycles. The Labute approximate surface area is 180 Å². The summed E-state index contributed by atoms with van der Waals surface area (Å²) in [5, 5.41) is 16.0. The molecule has 0 bridgehead atoms. The Bertz CT molecular complexity index is 1270. The molecule has 0 fully saturated rings. The van der Waals surface area contributed by atoms with Crippen LogP contribution in [0.4, 0.5) is 5.69 Å². The van der Waals surface area contributed by atoms with Gasteiger partial charge in [0.2, 0.25) is 0 Å². The molecule has 0 saturated carbocycles. The molecule has 0 saturated heterocycles. The zero-order chi connectivity index (χ0) is 20.5.